The third-order valence-electron chi connectivity index (χ3n) is 3.89. The molecule has 1 fully saturated rings. The van der Waals surface area contributed by atoms with Gasteiger partial charge in [0.2, 0.25) is 0 Å². The molecule has 1 aromatic rings. The summed E-state index contributed by atoms with van der Waals surface area (Å²) >= 11 is 0. The molecule has 142 valence electrons. The van der Waals surface area contributed by atoms with Crippen LogP contribution in [0, 0.1) is 10.1 Å². The number of amides is 2. The lowest BCUT2D eigenvalue weighted by atomic mass is 10.2. The van der Waals surface area contributed by atoms with Gasteiger partial charge in [-0.1, -0.05) is 0 Å². The SMILES string of the molecule is COc1cc([N+](=O)[O-])ccc1NC(=O)C(=O)NCCCN1CCOCC1. The van der Waals surface area contributed by atoms with E-state index in [2.05, 4.69) is 15.5 Å². The van der Waals surface area contributed by atoms with Crippen LogP contribution in [0.2, 0.25) is 0 Å². The smallest absolute Gasteiger partial charge is 0.313 e. The molecule has 1 aliphatic heterocycles. The second-order valence-electron chi connectivity index (χ2n) is 5.66. The summed E-state index contributed by atoms with van der Waals surface area (Å²) < 4.78 is 10.3. The maximum Gasteiger partial charge on any atom is 0.313 e. The van der Waals surface area contributed by atoms with Gasteiger partial charge in [-0.15, -0.1) is 0 Å². The molecule has 0 unspecified atom stereocenters. The van der Waals surface area contributed by atoms with Gasteiger partial charge in [0.25, 0.3) is 5.69 Å². The predicted molar refractivity (Wildman–Crippen MR) is 93.2 cm³/mol. The number of carbonyl (C=O) groups is 2. The maximum absolute atomic E-state index is 12.0. The van der Waals surface area contributed by atoms with Crippen LogP contribution in [0.15, 0.2) is 18.2 Å². The van der Waals surface area contributed by atoms with Gasteiger partial charge in [0.15, 0.2) is 0 Å². The molecule has 0 spiro atoms. The van der Waals surface area contributed by atoms with Gasteiger partial charge in [0.1, 0.15) is 5.75 Å². The van der Waals surface area contributed by atoms with Crippen LogP contribution >= 0.6 is 0 Å². The number of nitro benzene ring substituents is 1. The largest absolute Gasteiger partial charge is 0.494 e. The topological polar surface area (TPSA) is 123 Å². The average molecular weight is 366 g/mol. The summed E-state index contributed by atoms with van der Waals surface area (Å²) in [6, 6.07) is 3.72. The predicted octanol–water partition coefficient (Wildman–Crippen LogP) is 0.380. The molecule has 0 bridgehead atoms. The number of ether oxygens (including phenoxy) is 2. The van der Waals surface area contributed by atoms with Crippen LogP contribution in [0.3, 0.4) is 0 Å². The Balaban J connectivity index is 1.79. The van der Waals surface area contributed by atoms with Crippen molar-refractivity contribution < 1.29 is 24.0 Å². The summed E-state index contributed by atoms with van der Waals surface area (Å²) in [6.45, 7) is 4.36. The Morgan fingerprint density at radius 3 is 2.69 bits per heavy atom. The van der Waals surface area contributed by atoms with Crippen LogP contribution in [0.4, 0.5) is 11.4 Å². The first-order valence-electron chi connectivity index (χ1n) is 8.23. The summed E-state index contributed by atoms with van der Waals surface area (Å²) in [5, 5.41) is 15.7. The van der Waals surface area contributed by atoms with E-state index >= 15 is 0 Å². The van der Waals surface area contributed by atoms with Crippen LogP contribution in [0.25, 0.3) is 0 Å². The van der Waals surface area contributed by atoms with Crippen molar-refractivity contribution in [2.24, 2.45) is 0 Å². The standard InChI is InChI=1S/C16H22N4O6/c1-25-14-11-12(20(23)24)3-4-13(14)18-16(22)15(21)17-5-2-6-19-7-9-26-10-8-19/h3-4,11H,2,5-10H2,1H3,(H,17,21)(H,18,22). The Hall–Kier alpha value is -2.72. The van der Waals surface area contributed by atoms with Gasteiger partial charge in [0.05, 0.1) is 37.0 Å². The number of nitro groups is 1. The number of rotatable bonds is 7. The Morgan fingerprint density at radius 1 is 1.31 bits per heavy atom. The third kappa shape index (κ3) is 5.67. The first-order chi connectivity index (χ1) is 12.5. The quantitative estimate of drug-likeness (QED) is 0.309. The van der Waals surface area contributed by atoms with Crippen molar-refractivity contribution in [1.82, 2.24) is 10.2 Å². The molecule has 10 nitrogen and oxygen atoms in total. The van der Waals surface area contributed by atoms with E-state index < -0.39 is 16.7 Å². The summed E-state index contributed by atoms with van der Waals surface area (Å²) in [5.41, 5.74) is 0.0129. The van der Waals surface area contributed by atoms with Crippen LogP contribution in [-0.4, -0.2) is 68.1 Å². The van der Waals surface area contributed by atoms with Crippen molar-refractivity contribution in [3.63, 3.8) is 0 Å². The summed E-state index contributed by atoms with van der Waals surface area (Å²) in [5.74, 6) is -1.52. The van der Waals surface area contributed by atoms with Gasteiger partial charge in [-0.25, -0.2) is 0 Å². The second-order valence-corrected chi connectivity index (χ2v) is 5.66. The lowest BCUT2D eigenvalue weighted by Gasteiger charge is -2.26. The van der Waals surface area contributed by atoms with E-state index in [0.717, 1.165) is 26.1 Å². The van der Waals surface area contributed by atoms with E-state index in [-0.39, 0.29) is 17.1 Å². The van der Waals surface area contributed by atoms with Gasteiger partial charge < -0.3 is 20.1 Å². The van der Waals surface area contributed by atoms with Gasteiger partial charge in [0, 0.05) is 25.7 Å². The lowest BCUT2D eigenvalue weighted by Crippen LogP contribution is -2.39. The number of hydrogen-bond donors (Lipinski definition) is 2. The molecule has 26 heavy (non-hydrogen) atoms. The van der Waals surface area contributed by atoms with E-state index in [9.17, 15) is 19.7 Å². The van der Waals surface area contributed by atoms with Crippen molar-refractivity contribution in [3.05, 3.63) is 28.3 Å². The molecule has 0 aliphatic carbocycles. The molecular weight excluding hydrogens is 344 g/mol. The third-order valence-corrected chi connectivity index (χ3v) is 3.89. The normalized spacial score (nSPS) is 14.5. The van der Waals surface area contributed by atoms with Crippen molar-refractivity contribution in [2.75, 3.05) is 51.8 Å². The fourth-order valence-electron chi connectivity index (χ4n) is 2.49. The van der Waals surface area contributed by atoms with E-state index in [0.29, 0.717) is 19.8 Å². The number of nitrogens with zero attached hydrogens (tertiary/aromatic N) is 2. The van der Waals surface area contributed by atoms with Crippen LogP contribution < -0.4 is 15.4 Å². The lowest BCUT2D eigenvalue weighted by molar-refractivity contribution is -0.384. The molecule has 10 heteroatoms. The Bertz CT molecular complexity index is 660. The summed E-state index contributed by atoms with van der Waals surface area (Å²) in [7, 11) is 1.32. The minimum absolute atomic E-state index is 0.104. The van der Waals surface area contributed by atoms with E-state index in [1.165, 1.54) is 25.3 Å². The first kappa shape index (κ1) is 19.6. The second kappa shape index (κ2) is 9.68. The van der Waals surface area contributed by atoms with Gasteiger partial charge in [-0.2, -0.15) is 0 Å². The van der Waals surface area contributed by atoms with E-state index in [1.807, 2.05) is 0 Å². The van der Waals surface area contributed by atoms with Crippen molar-refractivity contribution in [1.29, 1.82) is 0 Å². The number of nitrogens with one attached hydrogen (secondary N) is 2. The minimum atomic E-state index is -0.858. The maximum atomic E-state index is 12.0. The zero-order chi connectivity index (χ0) is 18.9. The highest BCUT2D eigenvalue weighted by Gasteiger charge is 2.18. The fraction of sp³-hybridized carbons (Fsp3) is 0.500. The average Bonchev–Trinajstić information content (AvgIpc) is 2.65. The Labute approximate surface area is 150 Å². The van der Waals surface area contributed by atoms with Gasteiger partial charge >= 0.3 is 11.8 Å². The molecule has 1 aliphatic rings. The highest BCUT2D eigenvalue weighted by molar-refractivity contribution is 6.39. The number of non-ortho nitro benzene ring substituents is 1. The molecule has 2 amide bonds. The van der Waals surface area contributed by atoms with Crippen molar-refractivity contribution in [3.8, 4) is 5.75 Å². The molecule has 1 heterocycles. The van der Waals surface area contributed by atoms with Crippen molar-refractivity contribution in [2.45, 2.75) is 6.42 Å². The van der Waals surface area contributed by atoms with Gasteiger partial charge in [-0.3, -0.25) is 24.6 Å². The van der Waals surface area contributed by atoms with E-state index in [4.69, 9.17) is 9.47 Å². The summed E-state index contributed by atoms with van der Waals surface area (Å²) in [4.78, 5) is 36.2. The summed E-state index contributed by atoms with van der Waals surface area (Å²) in [6.07, 6.45) is 0.722. The molecular formula is C16H22N4O6. The first-order valence-corrected chi connectivity index (χ1v) is 8.23. The highest BCUT2D eigenvalue weighted by Crippen LogP contribution is 2.28. The zero-order valence-corrected chi connectivity index (χ0v) is 14.5. The molecule has 1 aromatic carbocycles. The number of anilines is 1. The van der Waals surface area contributed by atoms with Crippen molar-refractivity contribution >= 4 is 23.2 Å². The molecule has 0 radical (unpaired) electrons. The number of methoxy groups -OCH3 is 1. The minimum Gasteiger partial charge on any atom is -0.494 e. The molecule has 2 rings (SSSR count). The van der Waals surface area contributed by atoms with Crippen LogP contribution in [0.1, 0.15) is 6.42 Å². The number of hydrogen-bond acceptors (Lipinski definition) is 7. The number of morpholine rings is 1. The zero-order valence-electron chi connectivity index (χ0n) is 14.5. The van der Waals surface area contributed by atoms with Crippen LogP contribution in [-0.2, 0) is 14.3 Å². The monoisotopic (exact) mass is 366 g/mol. The van der Waals surface area contributed by atoms with E-state index in [1.54, 1.807) is 0 Å². The highest BCUT2D eigenvalue weighted by atomic mass is 16.6. The number of carbonyl (C=O) groups excluding carboxylic acids is 2. The Morgan fingerprint density at radius 2 is 2.04 bits per heavy atom. The molecule has 0 atom stereocenters. The van der Waals surface area contributed by atoms with Crippen LogP contribution in [0.5, 0.6) is 5.75 Å². The molecule has 0 aromatic heterocycles. The van der Waals surface area contributed by atoms with Gasteiger partial charge in [-0.05, 0) is 19.0 Å². The number of benzene rings is 1. The Kier molecular flexibility index (Phi) is 7.30. The molecule has 2 N–H and O–H groups in total. The molecule has 1 saturated heterocycles. The fourth-order valence-corrected chi connectivity index (χ4v) is 2.49. The molecule has 0 saturated carbocycles.